The molecule has 0 fully saturated rings. The molecule has 1 N–H and O–H groups in total. The lowest BCUT2D eigenvalue weighted by atomic mass is 10.2. The van der Waals surface area contributed by atoms with Gasteiger partial charge in [-0.2, -0.15) is 0 Å². The minimum atomic E-state index is -3.79. The van der Waals surface area contributed by atoms with Crippen LogP contribution in [-0.2, 0) is 10.0 Å². The van der Waals surface area contributed by atoms with E-state index in [2.05, 4.69) is 6.58 Å². The molecule has 0 aromatic heterocycles. The van der Waals surface area contributed by atoms with Crippen molar-refractivity contribution in [3.63, 3.8) is 0 Å². The number of nitrogens with one attached hydrogen (secondary N) is 1. The van der Waals surface area contributed by atoms with Crippen LogP contribution in [0.1, 0.15) is 12.5 Å². The van der Waals surface area contributed by atoms with Gasteiger partial charge in [0.15, 0.2) is 0 Å². The Morgan fingerprint density at radius 3 is 2.44 bits per heavy atom. The maximum absolute atomic E-state index is 11.3. The lowest BCUT2D eigenvalue weighted by Gasteiger charge is -2.05. The minimum Gasteiger partial charge on any atom is -0.410 e. The van der Waals surface area contributed by atoms with Gasteiger partial charge in [0.2, 0.25) is 0 Å². The van der Waals surface area contributed by atoms with Gasteiger partial charge in [-0.25, -0.2) is 17.9 Å². The highest BCUT2D eigenvalue weighted by Gasteiger charge is 2.12. The van der Waals surface area contributed by atoms with Crippen molar-refractivity contribution in [3.05, 3.63) is 47.9 Å². The molecular formula is C12H13NO4S. The molecule has 0 spiro atoms. The molecule has 96 valence electrons. The van der Waals surface area contributed by atoms with Gasteiger partial charge in [0.25, 0.3) is 10.0 Å². The van der Waals surface area contributed by atoms with Crippen molar-refractivity contribution < 1.29 is 17.9 Å². The Morgan fingerprint density at radius 1 is 1.33 bits per heavy atom. The number of ether oxygens (including phenoxy) is 1. The first kappa shape index (κ1) is 14.0. The summed E-state index contributed by atoms with van der Waals surface area (Å²) in [7, 11) is -3.79. The van der Waals surface area contributed by atoms with Crippen molar-refractivity contribution in [1.29, 1.82) is 0 Å². The van der Waals surface area contributed by atoms with Crippen LogP contribution < -0.4 is 9.46 Å². The topological polar surface area (TPSA) is 72.5 Å². The van der Waals surface area contributed by atoms with E-state index >= 15 is 0 Å². The van der Waals surface area contributed by atoms with Crippen molar-refractivity contribution in [1.82, 2.24) is 4.72 Å². The van der Waals surface area contributed by atoms with Crippen LogP contribution >= 0.6 is 0 Å². The predicted molar refractivity (Wildman–Crippen MR) is 69.4 cm³/mol. The van der Waals surface area contributed by atoms with Gasteiger partial charge in [0.1, 0.15) is 5.75 Å². The number of carbonyl (C=O) groups is 1. The van der Waals surface area contributed by atoms with E-state index in [1.54, 1.807) is 35.1 Å². The Balaban J connectivity index is 2.67. The van der Waals surface area contributed by atoms with Crippen LogP contribution in [0.3, 0.4) is 0 Å². The van der Waals surface area contributed by atoms with Gasteiger partial charge >= 0.3 is 6.09 Å². The first-order valence-electron chi connectivity index (χ1n) is 5.06. The molecule has 0 aliphatic rings. The quantitative estimate of drug-likeness (QED) is 0.908. The van der Waals surface area contributed by atoms with Gasteiger partial charge in [-0.1, -0.05) is 30.9 Å². The van der Waals surface area contributed by atoms with E-state index in [-0.39, 0.29) is 5.75 Å². The van der Waals surface area contributed by atoms with Crippen molar-refractivity contribution in [3.8, 4) is 5.75 Å². The van der Waals surface area contributed by atoms with Crippen LogP contribution in [0.4, 0.5) is 4.79 Å². The number of hydrogen-bond donors (Lipinski definition) is 1. The summed E-state index contributed by atoms with van der Waals surface area (Å²) in [6, 6.07) is 6.46. The normalized spacial score (nSPS) is 11.2. The van der Waals surface area contributed by atoms with Crippen molar-refractivity contribution in [2.75, 3.05) is 0 Å². The second-order valence-corrected chi connectivity index (χ2v) is 4.85. The van der Waals surface area contributed by atoms with Gasteiger partial charge in [0.05, 0.1) is 0 Å². The highest BCUT2D eigenvalue weighted by atomic mass is 32.2. The third-order valence-corrected chi connectivity index (χ3v) is 2.95. The van der Waals surface area contributed by atoms with Gasteiger partial charge in [-0.05, 0) is 24.6 Å². The van der Waals surface area contributed by atoms with Gasteiger partial charge in [0, 0.05) is 5.41 Å². The molecule has 0 radical (unpaired) electrons. The maximum Gasteiger partial charge on any atom is 0.426 e. The second-order valence-electron chi connectivity index (χ2n) is 3.28. The fourth-order valence-corrected chi connectivity index (χ4v) is 1.83. The first-order chi connectivity index (χ1) is 8.46. The molecule has 0 bridgehead atoms. The largest absolute Gasteiger partial charge is 0.426 e. The number of rotatable bonds is 4. The third kappa shape index (κ3) is 4.42. The SMILES string of the molecule is C=Cc1ccc(OC(=O)NS(=O)(=O)/C=C\C)cc1. The molecular weight excluding hydrogens is 254 g/mol. The second kappa shape index (κ2) is 6.02. The van der Waals surface area contributed by atoms with Gasteiger partial charge in [-0.15, -0.1) is 0 Å². The fourth-order valence-electron chi connectivity index (χ4n) is 1.13. The summed E-state index contributed by atoms with van der Waals surface area (Å²) >= 11 is 0. The summed E-state index contributed by atoms with van der Waals surface area (Å²) in [5, 5.41) is 0.870. The van der Waals surface area contributed by atoms with Gasteiger partial charge in [-0.3, -0.25) is 0 Å². The summed E-state index contributed by atoms with van der Waals surface area (Å²) < 4.78 is 29.0. The lowest BCUT2D eigenvalue weighted by Crippen LogP contribution is -2.31. The Morgan fingerprint density at radius 2 is 1.94 bits per heavy atom. The van der Waals surface area contributed by atoms with Crippen molar-refractivity contribution in [2.45, 2.75) is 6.92 Å². The molecule has 18 heavy (non-hydrogen) atoms. The van der Waals surface area contributed by atoms with E-state index in [0.717, 1.165) is 11.0 Å². The molecule has 0 unspecified atom stereocenters. The lowest BCUT2D eigenvalue weighted by molar-refractivity contribution is 0.207. The van der Waals surface area contributed by atoms with Crippen LogP contribution in [0.15, 0.2) is 42.3 Å². The number of amides is 1. The van der Waals surface area contributed by atoms with Crippen molar-refractivity contribution in [2.24, 2.45) is 0 Å². The summed E-state index contributed by atoms with van der Waals surface area (Å²) in [5.74, 6) is 0.244. The minimum absolute atomic E-state index is 0.244. The Hall–Kier alpha value is -2.08. The highest BCUT2D eigenvalue weighted by molar-refractivity contribution is 7.92. The summed E-state index contributed by atoms with van der Waals surface area (Å²) in [4.78, 5) is 11.3. The molecule has 1 rings (SSSR count). The average Bonchev–Trinajstić information content (AvgIpc) is 2.28. The van der Waals surface area contributed by atoms with Crippen LogP contribution in [-0.4, -0.2) is 14.5 Å². The van der Waals surface area contributed by atoms with Crippen LogP contribution in [0.25, 0.3) is 6.08 Å². The zero-order valence-corrected chi connectivity index (χ0v) is 10.6. The van der Waals surface area contributed by atoms with E-state index in [1.165, 1.54) is 13.0 Å². The van der Waals surface area contributed by atoms with E-state index < -0.39 is 16.1 Å². The Bertz CT molecular complexity index is 558. The molecule has 0 saturated heterocycles. The molecule has 0 aliphatic carbocycles. The third-order valence-electron chi connectivity index (χ3n) is 1.87. The molecule has 0 aliphatic heterocycles. The van der Waals surface area contributed by atoms with E-state index in [1.807, 2.05) is 0 Å². The molecule has 5 nitrogen and oxygen atoms in total. The molecule has 6 heteroatoms. The molecule has 0 atom stereocenters. The Labute approximate surface area is 106 Å². The van der Waals surface area contributed by atoms with Crippen LogP contribution in [0.2, 0.25) is 0 Å². The molecule has 0 heterocycles. The maximum atomic E-state index is 11.3. The number of sulfonamides is 1. The first-order valence-corrected chi connectivity index (χ1v) is 6.61. The smallest absolute Gasteiger partial charge is 0.410 e. The molecule has 1 aromatic carbocycles. The number of carbonyl (C=O) groups excluding carboxylic acids is 1. The average molecular weight is 267 g/mol. The number of allylic oxidation sites excluding steroid dienone is 1. The number of hydrogen-bond acceptors (Lipinski definition) is 4. The molecule has 1 aromatic rings. The van der Waals surface area contributed by atoms with Crippen LogP contribution in [0, 0.1) is 0 Å². The van der Waals surface area contributed by atoms with Gasteiger partial charge < -0.3 is 4.74 Å². The fraction of sp³-hybridized carbons (Fsp3) is 0.0833. The van der Waals surface area contributed by atoms with Crippen molar-refractivity contribution >= 4 is 22.2 Å². The Kier molecular flexibility index (Phi) is 4.67. The highest BCUT2D eigenvalue weighted by Crippen LogP contribution is 2.12. The zero-order valence-electron chi connectivity index (χ0n) is 9.79. The monoisotopic (exact) mass is 267 g/mol. The number of benzene rings is 1. The molecule has 1 amide bonds. The standard InChI is InChI=1S/C12H13NO4S/c1-3-9-18(15,16)13-12(14)17-11-7-5-10(4-2)6-8-11/h3-9H,2H2,1H3,(H,13,14)/b9-3-. The molecule has 0 saturated carbocycles. The summed E-state index contributed by atoms with van der Waals surface area (Å²) in [6.07, 6.45) is 1.88. The van der Waals surface area contributed by atoms with Crippen LogP contribution in [0.5, 0.6) is 5.75 Å². The zero-order chi connectivity index (χ0) is 13.6. The van der Waals surface area contributed by atoms with E-state index in [4.69, 9.17) is 4.74 Å². The summed E-state index contributed by atoms with van der Waals surface area (Å²) in [5.41, 5.74) is 0.865. The predicted octanol–water partition coefficient (Wildman–Crippen LogP) is 2.28. The summed E-state index contributed by atoms with van der Waals surface area (Å²) in [6.45, 7) is 5.11. The van der Waals surface area contributed by atoms with E-state index in [0.29, 0.717) is 0 Å². The van der Waals surface area contributed by atoms with E-state index in [9.17, 15) is 13.2 Å².